The predicted molar refractivity (Wildman–Crippen MR) is 86.9 cm³/mol. The number of benzene rings is 1. The van der Waals surface area contributed by atoms with E-state index in [-0.39, 0.29) is 5.91 Å². The number of hydrogen-bond acceptors (Lipinski definition) is 2. The van der Waals surface area contributed by atoms with Gasteiger partial charge in [-0.2, -0.15) is 0 Å². The maximum absolute atomic E-state index is 12.8. The third kappa shape index (κ3) is 2.74. The van der Waals surface area contributed by atoms with Gasteiger partial charge in [0.05, 0.1) is 11.5 Å². The molecular weight excluding hydrogens is 292 g/mol. The highest BCUT2D eigenvalue weighted by Gasteiger charge is 2.32. The minimum atomic E-state index is -0.824. The molecule has 120 valence electrons. The first-order chi connectivity index (χ1) is 11.0. The largest absolute Gasteiger partial charge is 0.481 e. The molecule has 23 heavy (non-hydrogen) atoms. The minimum absolute atomic E-state index is 0.0796. The Kier molecular flexibility index (Phi) is 3.94. The standard InChI is InChI=1S/C18H20N2O3/c1-12-10-16(13(2)20(12)15-6-4-3-5-7-15)17(21)19-9-8-14(11-19)18(22)23/h3-7,10,14H,8-9,11H2,1-2H3,(H,22,23)/t14-/m1/s1. The Balaban J connectivity index is 1.90. The van der Waals surface area contributed by atoms with Gasteiger partial charge >= 0.3 is 5.97 Å². The maximum atomic E-state index is 12.8. The Morgan fingerprint density at radius 2 is 1.87 bits per heavy atom. The molecular formula is C18H20N2O3. The van der Waals surface area contributed by atoms with Crippen molar-refractivity contribution < 1.29 is 14.7 Å². The van der Waals surface area contributed by atoms with Crippen molar-refractivity contribution in [1.29, 1.82) is 0 Å². The molecule has 1 fully saturated rings. The molecule has 0 bridgehead atoms. The fourth-order valence-corrected chi connectivity index (χ4v) is 3.27. The number of hydrogen-bond donors (Lipinski definition) is 1. The molecule has 5 heteroatoms. The number of amides is 1. The van der Waals surface area contributed by atoms with Crippen molar-refractivity contribution in [1.82, 2.24) is 9.47 Å². The van der Waals surface area contributed by atoms with Crippen LogP contribution in [0, 0.1) is 19.8 Å². The van der Waals surface area contributed by atoms with E-state index < -0.39 is 11.9 Å². The van der Waals surface area contributed by atoms with Crippen LogP contribution in [-0.2, 0) is 4.79 Å². The van der Waals surface area contributed by atoms with E-state index in [1.807, 2.05) is 50.2 Å². The Morgan fingerprint density at radius 1 is 1.17 bits per heavy atom. The summed E-state index contributed by atoms with van der Waals surface area (Å²) in [7, 11) is 0. The first-order valence-corrected chi connectivity index (χ1v) is 7.75. The molecule has 1 aromatic heterocycles. The van der Waals surface area contributed by atoms with Gasteiger partial charge in [0, 0.05) is 30.2 Å². The summed E-state index contributed by atoms with van der Waals surface area (Å²) in [4.78, 5) is 25.5. The van der Waals surface area contributed by atoms with Crippen LogP contribution in [0.5, 0.6) is 0 Å². The van der Waals surface area contributed by atoms with Crippen LogP contribution in [0.2, 0.25) is 0 Å². The topological polar surface area (TPSA) is 62.5 Å². The van der Waals surface area contributed by atoms with Crippen LogP contribution in [0.3, 0.4) is 0 Å². The van der Waals surface area contributed by atoms with Gasteiger partial charge in [-0.05, 0) is 38.5 Å². The lowest BCUT2D eigenvalue weighted by molar-refractivity contribution is -0.141. The third-order valence-corrected chi connectivity index (χ3v) is 4.50. The van der Waals surface area contributed by atoms with Crippen molar-refractivity contribution in [3.05, 3.63) is 53.3 Å². The molecule has 0 radical (unpaired) electrons. The highest BCUT2D eigenvalue weighted by Crippen LogP contribution is 2.24. The summed E-state index contributed by atoms with van der Waals surface area (Å²) in [6.07, 6.45) is 0.526. The second kappa shape index (κ2) is 5.91. The number of carboxylic acids is 1. The third-order valence-electron chi connectivity index (χ3n) is 4.50. The molecule has 2 aromatic rings. The van der Waals surface area contributed by atoms with Crippen LogP contribution in [0.25, 0.3) is 5.69 Å². The second-order valence-electron chi connectivity index (χ2n) is 6.03. The lowest BCUT2D eigenvalue weighted by Gasteiger charge is -2.16. The quantitative estimate of drug-likeness (QED) is 0.947. The highest BCUT2D eigenvalue weighted by molar-refractivity contribution is 5.96. The fourth-order valence-electron chi connectivity index (χ4n) is 3.27. The van der Waals surface area contributed by atoms with E-state index in [0.29, 0.717) is 25.1 Å². The average molecular weight is 312 g/mol. The summed E-state index contributed by atoms with van der Waals surface area (Å²) in [6.45, 7) is 4.70. The van der Waals surface area contributed by atoms with Crippen LogP contribution in [0.4, 0.5) is 0 Å². The van der Waals surface area contributed by atoms with Gasteiger partial charge in [0.2, 0.25) is 0 Å². The van der Waals surface area contributed by atoms with Gasteiger partial charge in [-0.1, -0.05) is 18.2 Å². The number of carboxylic acid groups (broad SMARTS) is 1. The van der Waals surface area contributed by atoms with Gasteiger partial charge in [-0.25, -0.2) is 0 Å². The average Bonchev–Trinajstić information content (AvgIpc) is 3.13. The molecule has 3 rings (SSSR count). The van der Waals surface area contributed by atoms with E-state index in [9.17, 15) is 9.59 Å². The van der Waals surface area contributed by atoms with Crippen LogP contribution < -0.4 is 0 Å². The Bertz CT molecular complexity index is 749. The minimum Gasteiger partial charge on any atom is -0.481 e. The second-order valence-corrected chi connectivity index (χ2v) is 6.03. The van der Waals surface area contributed by atoms with E-state index in [1.54, 1.807) is 4.90 Å². The van der Waals surface area contributed by atoms with Crippen molar-refractivity contribution in [2.45, 2.75) is 20.3 Å². The molecule has 1 atom stereocenters. The monoisotopic (exact) mass is 312 g/mol. The summed E-state index contributed by atoms with van der Waals surface area (Å²) >= 11 is 0. The van der Waals surface area contributed by atoms with Gasteiger partial charge in [0.1, 0.15) is 0 Å². The molecule has 1 amide bonds. The van der Waals surface area contributed by atoms with Crippen LogP contribution in [-0.4, -0.2) is 39.5 Å². The predicted octanol–water partition coefficient (Wildman–Crippen LogP) is 2.64. The molecule has 0 saturated carbocycles. The van der Waals surface area contributed by atoms with E-state index in [0.717, 1.165) is 17.1 Å². The van der Waals surface area contributed by atoms with Gasteiger partial charge in [-0.15, -0.1) is 0 Å². The van der Waals surface area contributed by atoms with Crippen LogP contribution >= 0.6 is 0 Å². The normalized spacial score (nSPS) is 17.5. The Labute approximate surface area is 135 Å². The first kappa shape index (κ1) is 15.3. The SMILES string of the molecule is Cc1cc(C(=O)N2CC[C@@H](C(=O)O)C2)c(C)n1-c1ccccc1. The zero-order valence-electron chi connectivity index (χ0n) is 13.3. The Hall–Kier alpha value is -2.56. The molecule has 2 heterocycles. The molecule has 0 spiro atoms. The number of likely N-dealkylation sites (tertiary alicyclic amines) is 1. The number of aliphatic carboxylic acids is 1. The molecule has 0 aliphatic carbocycles. The van der Waals surface area contributed by atoms with Gasteiger partial charge in [-0.3, -0.25) is 9.59 Å². The summed E-state index contributed by atoms with van der Waals surface area (Å²) < 4.78 is 2.05. The number of nitrogens with zero attached hydrogens (tertiary/aromatic N) is 2. The molecule has 1 aliphatic rings. The fraction of sp³-hybridized carbons (Fsp3) is 0.333. The molecule has 1 aliphatic heterocycles. The van der Waals surface area contributed by atoms with Gasteiger partial charge in [0.25, 0.3) is 5.91 Å². The molecule has 1 aromatic carbocycles. The lowest BCUT2D eigenvalue weighted by atomic mass is 10.1. The van der Waals surface area contributed by atoms with E-state index in [4.69, 9.17) is 5.11 Å². The van der Waals surface area contributed by atoms with Crippen molar-refractivity contribution in [2.75, 3.05) is 13.1 Å². The summed E-state index contributed by atoms with van der Waals surface area (Å²) in [5.74, 6) is -1.35. The molecule has 1 saturated heterocycles. The Morgan fingerprint density at radius 3 is 2.48 bits per heavy atom. The number of aromatic nitrogens is 1. The van der Waals surface area contributed by atoms with Crippen molar-refractivity contribution >= 4 is 11.9 Å². The van der Waals surface area contributed by atoms with E-state index in [1.165, 1.54) is 0 Å². The van der Waals surface area contributed by atoms with Crippen molar-refractivity contribution in [3.63, 3.8) is 0 Å². The number of para-hydroxylation sites is 1. The number of carbonyl (C=O) groups excluding carboxylic acids is 1. The number of rotatable bonds is 3. The summed E-state index contributed by atoms with van der Waals surface area (Å²) in [6, 6.07) is 11.8. The van der Waals surface area contributed by atoms with Crippen molar-refractivity contribution in [2.24, 2.45) is 5.92 Å². The van der Waals surface area contributed by atoms with Crippen LogP contribution in [0.1, 0.15) is 28.2 Å². The van der Waals surface area contributed by atoms with E-state index >= 15 is 0 Å². The zero-order chi connectivity index (χ0) is 16.6. The first-order valence-electron chi connectivity index (χ1n) is 7.75. The van der Waals surface area contributed by atoms with E-state index in [2.05, 4.69) is 4.57 Å². The summed E-state index contributed by atoms with van der Waals surface area (Å²) in [5, 5.41) is 9.09. The highest BCUT2D eigenvalue weighted by atomic mass is 16.4. The molecule has 1 N–H and O–H groups in total. The van der Waals surface area contributed by atoms with Crippen LogP contribution in [0.15, 0.2) is 36.4 Å². The maximum Gasteiger partial charge on any atom is 0.308 e. The molecule has 0 unspecified atom stereocenters. The smallest absolute Gasteiger partial charge is 0.308 e. The number of aryl methyl sites for hydroxylation is 1. The molecule has 5 nitrogen and oxygen atoms in total. The van der Waals surface area contributed by atoms with Gasteiger partial charge < -0.3 is 14.6 Å². The number of carbonyl (C=O) groups is 2. The van der Waals surface area contributed by atoms with Crippen molar-refractivity contribution in [3.8, 4) is 5.69 Å². The summed E-state index contributed by atoms with van der Waals surface area (Å²) in [5.41, 5.74) is 3.55. The lowest BCUT2D eigenvalue weighted by Crippen LogP contribution is -2.30. The zero-order valence-corrected chi connectivity index (χ0v) is 13.3. The van der Waals surface area contributed by atoms with Gasteiger partial charge in [0.15, 0.2) is 0 Å².